The molecule has 2 N–H and O–H groups in total. The molecule has 0 radical (unpaired) electrons. The van der Waals surface area contributed by atoms with E-state index in [-0.39, 0.29) is 29.9 Å². The second-order valence-electron chi connectivity index (χ2n) is 13.5. The predicted molar refractivity (Wildman–Crippen MR) is 212 cm³/mol. The molecule has 2 aromatic heterocycles. The minimum Gasteiger partial charge on any atom is -0.616 e. The first kappa shape index (κ1) is 43.4. The molecule has 1 aromatic carbocycles. The van der Waals surface area contributed by atoms with Gasteiger partial charge in [0.05, 0.1) is 12.9 Å². The zero-order chi connectivity index (χ0) is 38.9. The number of hydrogen-bond donors (Lipinski definition) is 2. The molecular formula is C41H57N5O8S. The molecule has 2 fully saturated rings. The number of nitrogens with zero attached hydrogens (tertiary/aromatic N) is 3. The van der Waals surface area contributed by atoms with E-state index < -0.39 is 17.1 Å². The molecule has 2 saturated heterocycles. The Labute approximate surface area is 328 Å². The lowest BCUT2D eigenvalue weighted by atomic mass is 10.1. The van der Waals surface area contributed by atoms with Gasteiger partial charge in [0, 0.05) is 45.4 Å². The second kappa shape index (κ2) is 25.7. The van der Waals surface area contributed by atoms with Gasteiger partial charge in [-0.2, -0.15) is 0 Å². The number of likely N-dealkylation sites (tertiary alicyclic amines) is 2. The van der Waals surface area contributed by atoms with Crippen molar-refractivity contribution in [2.24, 2.45) is 0 Å². The summed E-state index contributed by atoms with van der Waals surface area (Å²) in [6.45, 7) is 9.39. The first-order valence-corrected chi connectivity index (χ1v) is 20.7. The van der Waals surface area contributed by atoms with Gasteiger partial charge in [-0.15, -0.1) is 0 Å². The number of hydrogen-bond acceptors (Lipinski definition) is 11. The highest BCUT2D eigenvalue weighted by atomic mass is 32.2. The summed E-state index contributed by atoms with van der Waals surface area (Å²) in [7, 11) is 0. The average Bonchev–Trinajstić information content (AvgIpc) is 3.69. The van der Waals surface area contributed by atoms with Crippen molar-refractivity contribution in [3.63, 3.8) is 0 Å². The van der Waals surface area contributed by atoms with Gasteiger partial charge in [0.1, 0.15) is 12.4 Å². The largest absolute Gasteiger partial charge is 0.616 e. The molecule has 4 heterocycles. The van der Waals surface area contributed by atoms with Crippen molar-refractivity contribution >= 4 is 29.0 Å². The minimum atomic E-state index is -1.28. The number of rotatable bonds is 20. The van der Waals surface area contributed by atoms with E-state index in [0.717, 1.165) is 31.9 Å². The lowest BCUT2D eigenvalue weighted by Crippen LogP contribution is -2.30. The topological polar surface area (TPSA) is 159 Å². The Morgan fingerprint density at radius 2 is 1.60 bits per heavy atom. The van der Waals surface area contributed by atoms with Crippen LogP contribution in [0, 0.1) is 0 Å². The summed E-state index contributed by atoms with van der Waals surface area (Å²) in [5, 5.41) is 5.41. The Bertz CT molecular complexity index is 1580. The van der Waals surface area contributed by atoms with E-state index >= 15 is 0 Å². The van der Waals surface area contributed by atoms with Gasteiger partial charge in [-0.3, -0.25) is 24.2 Å². The van der Waals surface area contributed by atoms with Gasteiger partial charge in [0.25, 0.3) is 11.8 Å². The van der Waals surface area contributed by atoms with E-state index in [1.165, 1.54) is 75.9 Å². The monoisotopic (exact) mass is 779 g/mol. The van der Waals surface area contributed by atoms with E-state index in [1.54, 1.807) is 18.3 Å². The molecule has 0 saturated carbocycles. The van der Waals surface area contributed by atoms with Gasteiger partial charge in [0.15, 0.2) is 23.9 Å². The summed E-state index contributed by atoms with van der Waals surface area (Å²) < 4.78 is 33.1. The summed E-state index contributed by atoms with van der Waals surface area (Å²) in [5.41, 5.74) is 2.48. The van der Waals surface area contributed by atoms with Crippen molar-refractivity contribution < 1.29 is 37.6 Å². The maximum absolute atomic E-state index is 11.9. The third-order valence-electron chi connectivity index (χ3n) is 8.81. The van der Waals surface area contributed by atoms with Crippen LogP contribution >= 0.6 is 0 Å². The number of pyridine rings is 1. The quantitative estimate of drug-likeness (QED) is 0.0704. The molecule has 3 aromatic rings. The van der Waals surface area contributed by atoms with E-state index in [9.17, 15) is 18.9 Å². The third kappa shape index (κ3) is 19.2. The molecule has 0 spiro atoms. The molecule has 0 bridgehead atoms. The highest BCUT2D eigenvalue weighted by Gasteiger charge is 2.15. The molecule has 2 amide bonds. The summed E-state index contributed by atoms with van der Waals surface area (Å²) in [4.78, 5) is 43.0. The van der Waals surface area contributed by atoms with E-state index in [2.05, 4.69) is 42.3 Å². The lowest BCUT2D eigenvalue weighted by Gasteiger charge is -2.26. The highest BCUT2D eigenvalue weighted by molar-refractivity contribution is 7.91. The van der Waals surface area contributed by atoms with Crippen LogP contribution in [0.4, 0.5) is 0 Å². The Morgan fingerprint density at radius 1 is 0.873 bits per heavy atom. The van der Waals surface area contributed by atoms with Crippen molar-refractivity contribution in [1.82, 2.24) is 25.4 Å². The van der Waals surface area contributed by atoms with Gasteiger partial charge in [-0.1, -0.05) is 31.1 Å². The zero-order valence-electron chi connectivity index (χ0n) is 32.1. The Balaban J connectivity index is 0.000000249. The van der Waals surface area contributed by atoms with Crippen molar-refractivity contribution in [2.45, 2.75) is 70.7 Å². The van der Waals surface area contributed by atoms with Crippen LogP contribution in [0.3, 0.4) is 0 Å². The molecule has 5 rings (SSSR count). The first-order valence-electron chi connectivity index (χ1n) is 19.3. The van der Waals surface area contributed by atoms with Crippen molar-refractivity contribution in [1.29, 1.82) is 0 Å². The number of ether oxygens (including phenoxy) is 3. The minimum absolute atomic E-state index is 0.0429. The Morgan fingerprint density at radius 3 is 2.29 bits per heavy atom. The van der Waals surface area contributed by atoms with Crippen molar-refractivity contribution in [3.05, 3.63) is 90.0 Å². The highest BCUT2D eigenvalue weighted by Crippen LogP contribution is 2.18. The molecule has 0 aliphatic carbocycles. The fraction of sp³-hybridized carbons (Fsp3) is 0.512. The molecular weight excluding hydrogens is 723 g/mol. The van der Waals surface area contributed by atoms with E-state index in [1.807, 2.05) is 36.4 Å². The first-order chi connectivity index (χ1) is 26.8. The van der Waals surface area contributed by atoms with Crippen LogP contribution in [0.1, 0.15) is 68.8 Å². The van der Waals surface area contributed by atoms with Crippen LogP contribution in [-0.2, 0) is 49.1 Å². The smallest absolute Gasteiger partial charge is 0.303 e. The molecule has 1 atom stereocenters. The normalized spacial score (nSPS) is 15.4. The van der Waals surface area contributed by atoms with E-state index in [4.69, 9.17) is 13.9 Å². The number of carbonyl (C=O) groups excluding carboxylic acids is 3. The predicted octanol–water partition coefficient (Wildman–Crippen LogP) is 4.78. The molecule has 300 valence electrons. The number of carbonyl (C=O) groups is 3. The molecule has 2 aliphatic rings. The Hall–Kier alpha value is -4.37. The van der Waals surface area contributed by atoms with Crippen molar-refractivity contribution in [3.8, 4) is 11.6 Å². The number of amides is 2. The fourth-order valence-corrected chi connectivity index (χ4v) is 7.06. The number of nitrogens with one attached hydrogen (secondary N) is 2. The van der Waals surface area contributed by atoms with Crippen LogP contribution in [0.5, 0.6) is 11.6 Å². The van der Waals surface area contributed by atoms with Crippen molar-refractivity contribution in [2.75, 3.05) is 64.8 Å². The number of furan rings is 1. The SMILES string of the molecule is CC(=O)OCC(=O)NCCCOc1cccc(CN2CCCCC2)c1.O=C(C[S+]([O-])Cc1ccco1)NC/C=C\COc1cc(CN2CCCCC2)ccn1. The molecule has 13 nitrogen and oxygen atoms in total. The fourth-order valence-electron chi connectivity index (χ4n) is 6.08. The van der Waals surface area contributed by atoms with Gasteiger partial charge in [-0.05, 0) is 117 Å². The van der Waals surface area contributed by atoms with Crippen LogP contribution in [0.25, 0.3) is 0 Å². The lowest BCUT2D eigenvalue weighted by molar-refractivity contribution is -0.146. The maximum atomic E-state index is 11.9. The summed E-state index contributed by atoms with van der Waals surface area (Å²) in [6.07, 6.45) is 15.4. The number of benzene rings is 1. The van der Waals surface area contributed by atoms with Gasteiger partial charge < -0.3 is 33.8 Å². The second-order valence-corrected chi connectivity index (χ2v) is 15.0. The number of aromatic nitrogens is 1. The molecule has 55 heavy (non-hydrogen) atoms. The standard InChI is InChI=1S/C22H29N3O4S.C19H28N2O4/c26-21(18-30(27)17-20-7-6-14-28-20)23-9-2-5-13-29-22-15-19(8-10-24-22)16-25-11-3-1-4-12-25;1-16(22)25-15-19(23)20-9-6-12-24-18-8-5-7-17(13-18)14-21-10-3-2-4-11-21/h2,5-8,10,14-15H,1,3-4,9,11-13,16-18H2,(H,23,26);5,7-8,13H,2-4,6,9-12,14-15H2,1H3,(H,20,23)/b5-2-;. The zero-order valence-corrected chi connectivity index (χ0v) is 32.9. The number of piperidine rings is 2. The van der Waals surface area contributed by atoms with Crippen LogP contribution in [0.15, 0.2) is 77.6 Å². The molecule has 14 heteroatoms. The third-order valence-corrected chi connectivity index (χ3v) is 10.0. The summed E-state index contributed by atoms with van der Waals surface area (Å²) in [5.74, 6) is 1.28. The van der Waals surface area contributed by atoms with Crippen LogP contribution < -0.4 is 20.1 Å². The molecule has 2 aliphatic heterocycles. The van der Waals surface area contributed by atoms with Gasteiger partial charge >= 0.3 is 5.97 Å². The number of esters is 1. The van der Waals surface area contributed by atoms with Gasteiger partial charge in [0.2, 0.25) is 5.88 Å². The van der Waals surface area contributed by atoms with Crippen LogP contribution in [0.2, 0.25) is 0 Å². The van der Waals surface area contributed by atoms with E-state index in [0.29, 0.717) is 44.4 Å². The Kier molecular flexibility index (Phi) is 20.2. The molecule has 1 unspecified atom stereocenters. The van der Waals surface area contributed by atoms with Crippen LogP contribution in [-0.4, -0.2) is 102 Å². The maximum Gasteiger partial charge on any atom is 0.303 e. The average molecular weight is 780 g/mol. The summed E-state index contributed by atoms with van der Waals surface area (Å²) >= 11 is -1.28. The van der Waals surface area contributed by atoms with Gasteiger partial charge in [-0.25, -0.2) is 4.98 Å². The summed E-state index contributed by atoms with van der Waals surface area (Å²) in [6, 6.07) is 15.7.